The van der Waals surface area contributed by atoms with E-state index in [0.717, 1.165) is 5.70 Å². The van der Waals surface area contributed by atoms with Crippen LogP contribution in [0.4, 0.5) is 0 Å². The van der Waals surface area contributed by atoms with Crippen LogP contribution in [0.1, 0.15) is 13.8 Å². The predicted octanol–water partition coefficient (Wildman–Crippen LogP) is 3.37. The van der Waals surface area contributed by atoms with Gasteiger partial charge in [0, 0.05) is 24.5 Å². The van der Waals surface area contributed by atoms with Crippen molar-refractivity contribution in [3.8, 4) is 18.2 Å². The average molecular weight is 316 g/mol. The minimum atomic E-state index is -0.789. The lowest BCUT2D eigenvalue weighted by molar-refractivity contribution is 0.0954. The van der Waals surface area contributed by atoms with Crippen molar-refractivity contribution in [3.63, 3.8) is 0 Å². The minimum absolute atomic E-state index is 0.0532. The Morgan fingerprint density at radius 1 is 1.21 bits per heavy atom. The number of rotatable bonds is 2. The molecule has 0 saturated carbocycles. The van der Waals surface area contributed by atoms with E-state index in [4.69, 9.17) is 15.3 Å². The van der Waals surface area contributed by atoms with Gasteiger partial charge in [0.25, 0.3) is 0 Å². The molecule has 0 radical (unpaired) electrons. The van der Waals surface area contributed by atoms with Gasteiger partial charge in [-0.15, -0.1) is 0 Å². The molecular formula is C19H16N4O. The standard InChI is InChI=1S/C19H16N4O/c1-19(2)17(9-6-8-15-7-4-5-10-23(15)3)16(13-22)18(24-19)14(11-20)12-21/h4-10H,1-3H3/b9-6+,15-8+. The fourth-order valence-electron chi connectivity index (χ4n) is 2.43. The van der Waals surface area contributed by atoms with Gasteiger partial charge in [0.1, 0.15) is 29.4 Å². The first-order valence-electron chi connectivity index (χ1n) is 7.29. The molecule has 0 aromatic carbocycles. The number of likely N-dealkylation sites (N-methyl/N-ethyl adjacent to an activating group) is 1. The minimum Gasteiger partial charge on any atom is -0.480 e. The van der Waals surface area contributed by atoms with E-state index in [2.05, 4.69) is 6.07 Å². The van der Waals surface area contributed by atoms with Crippen LogP contribution in [0.15, 0.2) is 70.8 Å². The van der Waals surface area contributed by atoms with Crippen molar-refractivity contribution < 1.29 is 4.74 Å². The van der Waals surface area contributed by atoms with Gasteiger partial charge in [-0.05, 0) is 32.1 Å². The highest BCUT2D eigenvalue weighted by Gasteiger charge is 2.38. The lowest BCUT2D eigenvalue weighted by Crippen LogP contribution is -2.20. The second-order valence-electron chi connectivity index (χ2n) is 5.70. The van der Waals surface area contributed by atoms with Crippen molar-refractivity contribution >= 4 is 0 Å². The molecule has 0 saturated heterocycles. The van der Waals surface area contributed by atoms with E-state index in [1.54, 1.807) is 32.1 Å². The first-order valence-corrected chi connectivity index (χ1v) is 7.29. The maximum atomic E-state index is 9.45. The maximum Gasteiger partial charge on any atom is 0.172 e. The Hall–Kier alpha value is -3.49. The Labute approximate surface area is 141 Å². The third-order valence-corrected chi connectivity index (χ3v) is 3.69. The lowest BCUT2D eigenvalue weighted by Gasteiger charge is -2.20. The van der Waals surface area contributed by atoms with Crippen molar-refractivity contribution in [2.75, 3.05) is 7.05 Å². The molecule has 5 nitrogen and oxygen atoms in total. The highest BCUT2D eigenvalue weighted by Crippen LogP contribution is 2.40. The predicted molar refractivity (Wildman–Crippen MR) is 89.3 cm³/mol. The molecule has 2 rings (SSSR count). The average Bonchev–Trinajstić information content (AvgIpc) is 2.81. The topological polar surface area (TPSA) is 83.8 Å². The van der Waals surface area contributed by atoms with Gasteiger partial charge in [-0.2, -0.15) is 15.8 Å². The third kappa shape index (κ3) is 3.14. The van der Waals surface area contributed by atoms with Crippen LogP contribution in [0.2, 0.25) is 0 Å². The first kappa shape index (κ1) is 16.9. The van der Waals surface area contributed by atoms with E-state index in [-0.39, 0.29) is 16.9 Å². The summed E-state index contributed by atoms with van der Waals surface area (Å²) in [4.78, 5) is 1.97. The van der Waals surface area contributed by atoms with Crippen molar-refractivity contribution in [1.29, 1.82) is 15.8 Å². The summed E-state index contributed by atoms with van der Waals surface area (Å²) < 4.78 is 5.70. The van der Waals surface area contributed by atoms with Gasteiger partial charge >= 0.3 is 0 Å². The molecule has 5 heteroatoms. The van der Waals surface area contributed by atoms with E-state index in [9.17, 15) is 5.26 Å². The van der Waals surface area contributed by atoms with E-state index in [1.807, 2.05) is 48.5 Å². The molecule has 2 aliphatic rings. The smallest absolute Gasteiger partial charge is 0.172 e. The molecule has 0 spiro atoms. The van der Waals surface area contributed by atoms with Gasteiger partial charge < -0.3 is 9.64 Å². The van der Waals surface area contributed by atoms with E-state index in [0.29, 0.717) is 5.57 Å². The number of allylic oxidation sites excluding steroid dienone is 7. The zero-order valence-electron chi connectivity index (χ0n) is 13.7. The fourth-order valence-corrected chi connectivity index (χ4v) is 2.43. The van der Waals surface area contributed by atoms with Crippen LogP contribution in [-0.4, -0.2) is 17.5 Å². The highest BCUT2D eigenvalue weighted by molar-refractivity contribution is 5.60. The molecule has 24 heavy (non-hydrogen) atoms. The Morgan fingerprint density at radius 2 is 1.92 bits per heavy atom. The summed E-state index contributed by atoms with van der Waals surface area (Å²) in [5, 5.41) is 27.5. The van der Waals surface area contributed by atoms with Crippen LogP contribution in [0.3, 0.4) is 0 Å². The normalized spacial score (nSPS) is 20.1. The summed E-state index contributed by atoms with van der Waals surface area (Å²) in [5.74, 6) is 0.0532. The van der Waals surface area contributed by atoms with Crippen molar-refractivity contribution in [2.45, 2.75) is 19.4 Å². The molecule has 0 fully saturated rings. The monoisotopic (exact) mass is 316 g/mol. The van der Waals surface area contributed by atoms with Crippen LogP contribution >= 0.6 is 0 Å². The third-order valence-electron chi connectivity index (χ3n) is 3.69. The molecule has 0 atom stereocenters. The Kier molecular flexibility index (Phi) is 4.73. The van der Waals surface area contributed by atoms with Crippen LogP contribution < -0.4 is 0 Å². The number of nitriles is 3. The van der Waals surface area contributed by atoms with Gasteiger partial charge in [-0.25, -0.2) is 0 Å². The van der Waals surface area contributed by atoms with Gasteiger partial charge in [-0.3, -0.25) is 0 Å². The Balaban J connectivity index is 2.45. The van der Waals surface area contributed by atoms with Gasteiger partial charge in [0.05, 0.1) is 0 Å². The van der Waals surface area contributed by atoms with Crippen molar-refractivity contribution in [2.24, 2.45) is 0 Å². The van der Waals surface area contributed by atoms with Crippen molar-refractivity contribution in [3.05, 3.63) is 70.8 Å². The second-order valence-corrected chi connectivity index (χ2v) is 5.70. The van der Waals surface area contributed by atoms with Gasteiger partial charge in [0.15, 0.2) is 11.3 Å². The number of ether oxygens (including phenoxy) is 1. The van der Waals surface area contributed by atoms with E-state index in [1.165, 1.54) is 0 Å². The van der Waals surface area contributed by atoms with Crippen LogP contribution in [0, 0.1) is 34.0 Å². The summed E-state index contributed by atoms with van der Waals surface area (Å²) in [5.41, 5.74) is 0.873. The number of hydrogen-bond acceptors (Lipinski definition) is 5. The molecule has 0 N–H and O–H groups in total. The van der Waals surface area contributed by atoms with E-state index < -0.39 is 5.60 Å². The summed E-state index contributed by atoms with van der Waals surface area (Å²) in [7, 11) is 1.94. The summed E-state index contributed by atoms with van der Waals surface area (Å²) in [6.07, 6.45) is 13.3. The molecule has 2 aliphatic heterocycles. The zero-order valence-corrected chi connectivity index (χ0v) is 13.7. The van der Waals surface area contributed by atoms with Crippen LogP contribution in [0.5, 0.6) is 0 Å². The molecule has 0 aromatic rings. The molecule has 0 aromatic heterocycles. The first-order chi connectivity index (χ1) is 11.4. The lowest BCUT2D eigenvalue weighted by atomic mass is 9.94. The largest absolute Gasteiger partial charge is 0.480 e. The molecule has 0 aliphatic carbocycles. The molecule has 2 heterocycles. The molecule has 0 unspecified atom stereocenters. The summed E-state index contributed by atoms with van der Waals surface area (Å²) in [6, 6.07) is 5.61. The number of nitrogens with zero attached hydrogens (tertiary/aromatic N) is 4. The Bertz CT molecular complexity index is 843. The van der Waals surface area contributed by atoms with Gasteiger partial charge in [-0.1, -0.05) is 18.2 Å². The molecule has 0 amide bonds. The SMILES string of the molecule is CN1C=CC=C/C1=C\C=C\C1=C(C#N)C(=C(C#N)C#N)OC1(C)C. The Morgan fingerprint density at radius 3 is 2.50 bits per heavy atom. The highest BCUT2D eigenvalue weighted by atomic mass is 16.5. The van der Waals surface area contributed by atoms with Crippen LogP contribution in [-0.2, 0) is 4.74 Å². The number of hydrogen-bond donors (Lipinski definition) is 0. The van der Waals surface area contributed by atoms with E-state index >= 15 is 0 Å². The van der Waals surface area contributed by atoms with Gasteiger partial charge in [0.2, 0.25) is 0 Å². The van der Waals surface area contributed by atoms with Crippen molar-refractivity contribution in [1.82, 2.24) is 4.90 Å². The quantitative estimate of drug-likeness (QED) is 0.729. The molecule has 118 valence electrons. The maximum absolute atomic E-state index is 9.45. The van der Waals surface area contributed by atoms with Crippen LogP contribution in [0.25, 0.3) is 0 Å². The summed E-state index contributed by atoms with van der Waals surface area (Å²) in [6.45, 7) is 3.60. The molecule has 0 bridgehead atoms. The molecular weight excluding hydrogens is 300 g/mol. The fraction of sp³-hybridized carbons (Fsp3) is 0.211. The zero-order chi connectivity index (χ0) is 17.7. The summed E-state index contributed by atoms with van der Waals surface area (Å²) >= 11 is 0. The second kappa shape index (κ2) is 6.73.